The Labute approximate surface area is 164 Å². The van der Waals surface area contributed by atoms with Crippen molar-refractivity contribution < 1.29 is 22.9 Å². The number of para-hydroxylation sites is 2. The summed E-state index contributed by atoms with van der Waals surface area (Å²) in [7, 11) is 0. The van der Waals surface area contributed by atoms with E-state index in [0.29, 0.717) is 0 Å². The molecule has 1 unspecified atom stereocenters. The first-order chi connectivity index (χ1) is 13.4. The predicted molar refractivity (Wildman–Crippen MR) is 102 cm³/mol. The maximum Gasteiger partial charge on any atom is 0.418 e. The Bertz CT molecular complexity index is 969. The molecule has 3 aromatic rings. The topological polar surface area (TPSA) is 46.4 Å². The van der Waals surface area contributed by atoms with Crippen LogP contribution in [0.2, 0.25) is 0 Å². The number of anilines is 1. The molecule has 0 saturated carbocycles. The summed E-state index contributed by atoms with van der Waals surface area (Å²) < 4.78 is 40.5. The highest BCUT2D eigenvalue weighted by atomic mass is 32.1. The van der Waals surface area contributed by atoms with E-state index in [0.717, 1.165) is 45.6 Å². The van der Waals surface area contributed by atoms with Crippen molar-refractivity contribution in [2.75, 3.05) is 18.4 Å². The van der Waals surface area contributed by atoms with Crippen molar-refractivity contribution in [3.05, 3.63) is 59.1 Å². The van der Waals surface area contributed by atoms with Crippen molar-refractivity contribution in [3.63, 3.8) is 0 Å². The van der Waals surface area contributed by atoms with E-state index in [4.69, 9.17) is 4.98 Å². The molecule has 2 aromatic carbocycles. The molecule has 0 aliphatic carbocycles. The third-order valence-electron chi connectivity index (χ3n) is 4.99. The summed E-state index contributed by atoms with van der Waals surface area (Å²) >= 11 is 1.62. The minimum absolute atomic E-state index is 0.0982. The molecule has 146 valence electrons. The number of hydrogen-bond donors (Lipinski definition) is 2. The van der Waals surface area contributed by atoms with Gasteiger partial charge in [0.05, 0.1) is 28.0 Å². The van der Waals surface area contributed by atoms with E-state index >= 15 is 0 Å². The van der Waals surface area contributed by atoms with E-state index in [1.54, 1.807) is 11.3 Å². The molecular formula is C20H19F3N3OS+. The first kappa shape index (κ1) is 18.9. The van der Waals surface area contributed by atoms with Gasteiger partial charge in [0, 0.05) is 12.8 Å². The van der Waals surface area contributed by atoms with Crippen molar-refractivity contribution in [3.8, 4) is 0 Å². The van der Waals surface area contributed by atoms with Gasteiger partial charge in [0.2, 0.25) is 0 Å². The number of halogens is 3. The van der Waals surface area contributed by atoms with Gasteiger partial charge in [0.25, 0.3) is 5.91 Å². The number of hydrogen-bond acceptors (Lipinski definition) is 3. The summed E-state index contributed by atoms with van der Waals surface area (Å²) in [6.07, 6.45) is -2.63. The number of alkyl halides is 3. The Morgan fingerprint density at radius 3 is 2.71 bits per heavy atom. The molecule has 2 N–H and O–H groups in total. The second-order valence-corrected chi connectivity index (χ2v) is 7.95. The van der Waals surface area contributed by atoms with E-state index in [9.17, 15) is 18.0 Å². The number of rotatable bonds is 4. The number of thiazole rings is 1. The first-order valence-corrected chi connectivity index (χ1v) is 9.89. The van der Waals surface area contributed by atoms with Crippen LogP contribution >= 0.6 is 11.3 Å². The Hall–Kier alpha value is -2.45. The van der Waals surface area contributed by atoms with Crippen molar-refractivity contribution in [2.45, 2.75) is 25.1 Å². The fourth-order valence-electron chi connectivity index (χ4n) is 3.70. The van der Waals surface area contributed by atoms with Crippen LogP contribution in [0.4, 0.5) is 18.9 Å². The van der Waals surface area contributed by atoms with Crippen LogP contribution in [0.1, 0.15) is 29.5 Å². The quantitative estimate of drug-likeness (QED) is 0.695. The zero-order valence-corrected chi connectivity index (χ0v) is 15.7. The minimum atomic E-state index is -4.51. The Morgan fingerprint density at radius 1 is 1.18 bits per heavy atom. The van der Waals surface area contributed by atoms with Crippen molar-refractivity contribution >= 4 is 33.1 Å². The van der Waals surface area contributed by atoms with Gasteiger partial charge in [-0.15, -0.1) is 11.3 Å². The molecule has 28 heavy (non-hydrogen) atoms. The molecular weight excluding hydrogens is 387 g/mol. The molecule has 4 nitrogen and oxygen atoms in total. The lowest BCUT2D eigenvalue weighted by molar-refractivity contribution is -0.910. The molecule has 1 fully saturated rings. The normalized spacial score (nSPS) is 19.8. The molecule has 4 rings (SSSR count). The second-order valence-electron chi connectivity index (χ2n) is 6.89. The minimum Gasteiger partial charge on any atom is -0.321 e. The SMILES string of the molecule is O=C(C[NH+]1CCC[C@@H]1c1nc2ccccc2s1)Nc1ccccc1C(F)(F)F. The van der Waals surface area contributed by atoms with Gasteiger partial charge in [-0.05, 0) is 24.3 Å². The van der Waals surface area contributed by atoms with Gasteiger partial charge in [0.1, 0.15) is 6.04 Å². The van der Waals surface area contributed by atoms with Gasteiger partial charge in [-0.2, -0.15) is 13.2 Å². The van der Waals surface area contributed by atoms with Gasteiger partial charge in [0.15, 0.2) is 11.6 Å². The van der Waals surface area contributed by atoms with Gasteiger partial charge in [-0.1, -0.05) is 24.3 Å². The van der Waals surface area contributed by atoms with Crippen molar-refractivity contribution in [1.29, 1.82) is 0 Å². The number of fused-ring (bicyclic) bond motifs is 1. The van der Waals surface area contributed by atoms with Crippen LogP contribution in [0.15, 0.2) is 48.5 Å². The molecule has 0 spiro atoms. The number of carbonyl (C=O) groups is 1. The second kappa shape index (κ2) is 7.52. The fraction of sp³-hybridized carbons (Fsp3) is 0.300. The summed E-state index contributed by atoms with van der Waals surface area (Å²) in [5.41, 5.74) is -0.0880. The Kier molecular flexibility index (Phi) is 5.07. The highest BCUT2D eigenvalue weighted by molar-refractivity contribution is 7.18. The summed E-state index contributed by atoms with van der Waals surface area (Å²) in [6.45, 7) is 0.918. The number of nitrogens with one attached hydrogen (secondary N) is 2. The maximum atomic E-state index is 13.1. The highest BCUT2D eigenvalue weighted by Crippen LogP contribution is 2.34. The molecule has 1 aliphatic rings. The van der Waals surface area contributed by atoms with Crippen LogP contribution in [-0.4, -0.2) is 24.0 Å². The molecule has 2 atom stereocenters. The van der Waals surface area contributed by atoms with Crippen LogP contribution in [0, 0.1) is 0 Å². The monoisotopic (exact) mass is 406 g/mol. The summed E-state index contributed by atoms with van der Waals surface area (Å²) in [5, 5.41) is 3.43. The van der Waals surface area contributed by atoms with Gasteiger partial charge >= 0.3 is 6.18 Å². The van der Waals surface area contributed by atoms with E-state index in [2.05, 4.69) is 5.32 Å². The standard InChI is InChI=1S/C20H18F3N3OS/c21-20(22,23)13-6-1-2-7-14(13)24-18(27)12-26-11-5-9-16(26)19-25-15-8-3-4-10-17(15)28-19/h1-4,6-8,10,16H,5,9,11-12H2,(H,24,27)/p+1/t16-/m1/s1. The molecule has 1 saturated heterocycles. The Balaban J connectivity index is 1.48. The summed E-state index contributed by atoms with van der Waals surface area (Å²) in [6, 6.07) is 13.0. The van der Waals surface area contributed by atoms with E-state index in [1.807, 2.05) is 24.3 Å². The van der Waals surface area contributed by atoms with Crippen molar-refractivity contribution in [1.82, 2.24) is 4.98 Å². The summed E-state index contributed by atoms with van der Waals surface area (Å²) in [5.74, 6) is -0.417. The number of likely N-dealkylation sites (tertiary alicyclic amines) is 1. The van der Waals surface area contributed by atoms with Gasteiger partial charge < -0.3 is 10.2 Å². The summed E-state index contributed by atoms with van der Waals surface area (Å²) in [4.78, 5) is 18.2. The van der Waals surface area contributed by atoms with Crippen LogP contribution in [0.5, 0.6) is 0 Å². The molecule has 1 amide bonds. The third-order valence-corrected chi connectivity index (χ3v) is 6.14. The van der Waals surface area contributed by atoms with E-state index in [1.165, 1.54) is 18.2 Å². The lowest BCUT2D eigenvalue weighted by Crippen LogP contribution is -3.11. The zero-order chi connectivity index (χ0) is 19.7. The van der Waals surface area contributed by atoms with Crippen LogP contribution < -0.4 is 10.2 Å². The molecule has 8 heteroatoms. The Morgan fingerprint density at radius 2 is 1.93 bits per heavy atom. The molecule has 1 aromatic heterocycles. The predicted octanol–water partition coefficient (Wildman–Crippen LogP) is 3.67. The van der Waals surface area contributed by atoms with Crippen LogP contribution in [0.25, 0.3) is 10.2 Å². The van der Waals surface area contributed by atoms with Crippen LogP contribution in [-0.2, 0) is 11.0 Å². The zero-order valence-electron chi connectivity index (χ0n) is 14.9. The average Bonchev–Trinajstić information content (AvgIpc) is 3.27. The fourth-order valence-corrected chi connectivity index (χ4v) is 4.86. The van der Waals surface area contributed by atoms with E-state index < -0.39 is 17.6 Å². The van der Waals surface area contributed by atoms with Crippen molar-refractivity contribution in [2.24, 2.45) is 0 Å². The number of quaternary nitrogens is 1. The average molecular weight is 406 g/mol. The molecule has 1 aliphatic heterocycles. The largest absolute Gasteiger partial charge is 0.418 e. The first-order valence-electron chi connectivity index (χ1n) is 9.08. The number of nitrogens with zero attached hydrogens (tertiary/aromatic N) is 1. The van der Waals surface area contributed by atoms with E-state index in [-0.39, 0.29) is 18.3 Å². The lowest BCUT2D eigenvalue weighted by atomic mass is 10.1. The van der Waals surface area contributed by atoms with Gasteiger partial charge in [-0.25, -0.2) is 4.98 Å². The molecule has 0 bridgehead atoms. The third kappa shape index (κ3) is 3.88. The number of carbonyl (C=O) groups excluding carboxylic acids is 1. The van der Waals surface area contributed by atoms with Gasteiger partial charge in [-0.3, -0.25) is 4.79 Å². The number of aromatic nitrogens is 1. The van der Waals surface area contributed by atoms with Crippen LogP contribution in [0.3, 0.4) is 0 Å². The molecule has 2 heterocycles. The lowest BCUT2D eigenvalue weighted by Gasteiger charge is -2.20. The highest BCUT2D eigenvalue weighted by Gasteiger charge is 2.36. The number of benzene rings is 2. The molecule has 0 radical (unpaired) electrons. The number of amides is 1. The maximum absolute atomic E-state index is 13.1. The smallest absolute Gasteiger partial charge is 0.321 e.